The van der Waals surface area contributed by atoms with Crippen LogP contribution in [0.5, 0.6) is 11.5 Å². The molecule has 112 valence electrons. The Morgan fingerprint density at radius 3 is 2.60 bits per heavy atom. The maximum absolute atomic E-state index is 11.8. The average molecular weight is 301 g/mol. The topological polar surface area (TPSA) is 64.8 Å². The van der Waals surface area contributed by atoms with Gasteiger partial charge in [0.25, 0.3) is 5.91 Å². The van der Waals surface area contributed by atoms with Gasteiger partial charge in [0, 0.05) is 14.1 Å². The molecule has 0 aromatic heterocycles. The van der Waals surface area contributed by atoms with Crippen LogP contribution in [0.4, 0.5) is 0 Å². The lowest BCUT2D eigenvalue weighted by Crippen LogP contribution is -2.35. The summed E-state index contributed by atoms with van der Waals surface area (Å²) < 4.78 is 10.9. The van der Waals surface area contributed by atoms with Gasteiger partial charge in [0.05, 0.1) is 12.1 Å². The lowest BCUT2D eigenvalue weighted by Gasteiger charge is -2.20. The summed E-state index contributed by atoms with van der Waals surface area (Å²) in [6.45, 7) is 2.20. The number of benzene rings is 1. The molecule has 0 aliphatic heterocycles. The maximum Gasteiger partial charge on any atom is 0.262 e. The van der Waals surface area contributed by atoms with Crippen LogP contribution in [0.15, 0.2) is 12.1 Å². The van der Waals surface area contributed by atoms with Crippen molar-refractivity contribution >= 4 is 17.5 Å². The van der Waals surface area contributed by atoms with Crippen LogP contribution in [0.2, 0.25) is 5.02 Å². The van der Waals surface area contributed by atoms with Gasteiger partial charge in [-0.2, -0.15) is 0 Å². The summed E-state index contributed by atoms with van der Waals surface area (Å²) in [5, 5.41) is 0.409. The van der Waals surface area contributed by atoms with E-state index in [-0.39, 0.29) is 5.91 Å². The monoisotopic (exact) mass is 300 g/mol. The van der Waals surface area contributed by atoms with Gasteiger partial charge >= 0.3 is 0 Å². The summed E-state index contributed by atoms with van der Waals surface area (Å²) in [4.78, 5) is 13.3. The molecule has 0 spiro atoms. The number of carbonyl (C=O) groups excluding carboxylic acids is 1. The first-order chi connectivity index (χ1) is 9.40. The SMILES string of the molecule is COc1cc(CCN)cc(Cl)c1OC(C)C(=O)N(C)C. The van der Waals surface area contributed by atoms with Crippen molar-refractivity contribution in [3.8, 4) is 11.5 Å². The highest BCUT2D eigenvalue weighted by atomic mass is 35.5. The second-order valence-electron chi connectivity index (χ2n) is 4.64. The smallest absolute Gasteiger partial charge is 0.262 e. The molecular formula is C14H21ClN2O3. The lowest BCUT2D eigenvalue weighted by atomic mass is 10.1. The molecule has 1 aromatic carbocycles. The van der Waals surface area contributed by atoms with Crippen LogP contribution in [0, 0.1) is 0 Å². The standard InChI is InChI=1S/C14H21ClN2O3/c1-9(14(18)17(2)3)20-13-11(15)7-10(5-6-16)8-12(13)19-4/h7-9H,5-6,16H2,1-4H3. The van der Waals surface area contributed by atoms with Crippen molar-refractivity contribution in [2.75, 3.05) is 27.7 Å². The van der Waals surface area contributed by atoms with Crippen LogP contribution >= 0.6 is 11.6 Å². The summed E-state index contributed by atoms with van der Waals surface area (Å²) in [6.07, 6.45) is 0.0551. The average Bonchev–Trinajstić information content (AvgIpc) is 2.40. The number of carbonyl (C=O) groups is 1. The molecule has 1 amide bonds. The van der Waals surface area contributed by atoms with Crippen molar-refractivity contribution in [1.29, 1.82) is 0 Å². The molecule has 0 saturated heterocycles. The predicted molar refractivity (Wildman–Crippen MR) is 79.5 cm³/mol. The number of nitrogens with zero attached hydrogens (tertiary/aromatic N) is 1. The molecule has 0 bridgehead atoms. The molecule has 1 aromatic rings. The summed E-state index contributed by atoms with van der Waals surface area (Å²) in [7, 11) is 4.87. The van der Waals surface area contributed by atoms with Gasteiger partial charge in [-0.25, -0.2) is 0 Å². The van der Waals surface area contributed by atoms with Crippen molar-refractivity contribution in [2.24, 2.45) is 5.73 Å². The van der Waals surface area contributed by atoms with Crippen LogP contribution in [-0.4, -0.2) is 44.7 Å². The summed E-state index contributed by atoms with van der Waals surface area (Å²) >= 11 is 6.21. The molecule has 0 fully saturated rings. The van der Waals surface area contributed by atoms with E-state index in [1.54, 1.807) is 27.1 Å². The molecule has 0 radical (unpaired) electrons. The molecule has 0 saturated carbocycles. The zero-order chi connectivity index (χ0) is 15.3. The normalized spacial score (nSPS) is 11.9. The van der Waals surface area contributed by atoms with E-state index in [4.69, 9.17) is 26.8 Å². The Labute approximate surface area is 124 Å². The Bertz CT molecular complexity index is 478. The van der Waals surface area contributed by atoms with Crippen molar-refractivity contribution in [3.63, 3.8) is 0 Å². The minimum Gasteiger partial charge on any atom is -0.493 e. The molecule has 0 aliphatic rings. The van der Waals surface area contributed by atoms with E-state index in [1.807, 2.05) is 6.07 Å². The van der Waals surface area contributed by atoms with Gasteiger partial charge in [-0.15, -0.1) is 0 Å². The Morgan fingerprint density at radius 1 is 1.45 bits per heavy atom. The van der Waals surface area contributed by atoms with E-state index in [0.29, 0.717) is 29.5 Å². The predicted octanol–water partition coefficient (Wildman–Crippen LogP) is 1.71. The fourth-order valence-corrected chi connectivity index (χ4v) is 2.07. The highest BCUT2D eigenvalue weighted by Gasteiger charge is 2.21. The van der Waals surface area contributed by atoms with Crippen molar-refractivity contribution in [2.45, 2.75) is 19.4 Å². The third-order valence-corrected chi connectivity index (χ3v) is 3.09. The number of rotatable bonds is 6. The molecule has 6 heteroatoms. The highest BCUT2D eigenvalue weighted by molar-refractivity contribution is 6.32. The van der Waals surface area contributed by atoms with Gasteiger partial charge in [0.15, 0.2) is 17.6 Å². The number of halogens is 1. The molecule has 0 aliphatic carbocycles. The molecule has 1 unspecified atom stereocenters. The number of amides is 1. The molecular weight excluding hydrogens is 280 g/mol. The summed E-state index contributed by atoms with van der Waals surface area (Å²) in [5.74, 6) is 0.728. The van der Waals surface area contributed by atoms with Crippen molar-refractivity contribution in [1.82, 2.24) is 4.90 Å². The number of hydrogen-bond donors (Lipinski definition) is 1. The molecule has 1 atom stereocenters. The van der Waals surface area contributed by atoms with Gasteiger partial charge in [-0.05, 0) is 37.6 Å². The van der Waals surface area contributed by atoms with Crippen LogP contribution in [-0.2, 0) is 11.2 Å². The number of nitrogens with two attached hydrogens (primary N) is 1. The molecule has 2 N–H and O–H groups in total. The minimum atomic E-state index is -0.642. The fourth-order valence-electron chi connectivity index (χ4n) is 1.79. The molecule has 20 heavy (non-hydrogen) atoms. The Balaban J connectivity index is 3.02. The lowest BCUT2D eigenvalue weighted by molar-refractivity contribution is -0.135. The van der Waals surface area contributed by atoms with Crippen LogP contribution in [0.1, 0.15) is 12.5 Å². The zero-order valence-electron chi connectivity index (χ0n) is 12.3. The molecule has 0 heterocycles. The largest absolute Gasteiger partial charge is 0.493 e. The van der Waals surface area contributed by atoms with E-state index in [0.717, 1.165) is 5.56 Å². The van der Waals surface area contributed by atoms with Gasteiger partial charge in [-0.3, -0.25) is 4.79 Å². The van der Waals surface area contributed by atoms with Crippen LogP contribution in [0.25, 0.3) is 0 Å². The second kappa shape index (κ2) is 7.36. The number of likely N-dealkylation sites (N-methyl/N-ethyl adjacent to an activating group) is 1. The fraction of sp³-hybridized carbons (Fsp3) is 0.500. The van der Waals surface area contributed by atoms with Crippen molar-refractivity contribution < 1.29 is 14.3 Å². The summed E-state index contributed by atoms with van der Waals surface area (Å²) in [6, 6.07) is 3.60. The van der Waals surface area contributed by atoms with E-state index >= 15 is 0 Å². The Kier molecular flexibility index (Phi) is 6.10. The Hall–Kier alpha value is -1.46. The van der Waals surface area contributed by atoms with Crippen LogP contribution in [0.3, 0.4) is 0 Å². The molecule has 5 nitrogen and oxygen atoms in total. The van der Waals surface area contributed by atoms with E-state index in [1.165, 1.54) is 12.0 Å². The number of methoxy groups -OCH3 is 1. The minimum absolute atomic E-state index is 0.144. The van der Waals surface area contributed by atoms with E-state index < -0.39 is 6.10 Å². The Morgan fingerprint density at radius 2 is 2.10 bits per heavy atom. The van der Waals surface area contributed by atoms with Gasteiger partial charge < -0.3 is 20.1 Å². The zero-order valence-corrected chi connectivity index (χ0v) is 13.0. The van der Waals surface area contributed by atoms with Gasteiger partial charge in [0.2, 0.25) is 0 Å². The maximum atomic E-state index is 11.8. The second-order valence-corrected chi connectivity index (χ2v) is 5.05. The third kappa shape index (κ3) is 4.02. The van der Waals surface area contributed by atoms with Gasteiger partial charge in [0.1, 0.15) is 0 Å². The molecule has 1 rings (SSSR count). The number of ether oxygens (including phenoxy) is 2. The first-order valence-electron chi connectivity index (χ1n) is 6.35. The van der Waals surface area contributed by atoms with E-state index in [9.17, 15) is 4.79 Å². The summed E-state index contributed by atoms with van der Waals surface area (Å²) in [5.41, 5.74) is 6.49. The number of hydrogen-bond acceptors (Lipinski definition) is 4. The van der Waals surface area contributed by atoms with Gasteiger partial charge in [-0.1, -0.05) is 11.6 Å². The highest BCUT2D eigenvalue weighted by Crippen LogP contribution is 2.37. The van der Waals surface area contributed by atoms with E-state index in [2.05, 4.69) is 0 Å². The third-order valence-electron chi connectivity index (χ3n) is 2.81. The quantitative estimate of drug-likeness (QED) is 0.868. The van der Waals surface area contributed by atoms with Crippen molar-refractivity contribution in [3.05, 3.63) is 22.7 Å². The van der Waals surface area contributed by atoms with Crippen LogP contribution < -0.4 is 15.2 Å². The first kappa shape index (κ1) is 16.6. The first-order valence-corrected chi connectivity index (χ1v) is 6.72.